The minimum atomic E-state index is -0.152. The maximum atomic E-state index is 12.6. The standard InChI is InChI=1S/C27H26Cl2N6O2S2/c28-20-8-1-4-16(10-20)12-23(36)31-26-34-30-15-22(38-26)18-6-3-7-19(14-18)25-33-35-27(39-25)32-24(37)13-17-5-2-9-21(29)11-17/h1-2,4-5,8-11,15,18-19,30H,3,6-7,12-14H2,(H,31,34,36)(H,32,35,37)/t18-,19-/m1/s1. The minimum Gasteiger partial charge on any atom is -0.303 e. The minimum absolute atomic E-state index is 0.146. The van der Waals surface area contributed by atoms with E-state index in [2.05, 4.69) is 31.4 Å². The van der Waals surface area contributed by atoms with Crippen molar-refractivity contribution in [2.45, 2.75) is 44.4 Å². The van der Waals surface area contributed by atoms with Crippen molar-refractivity contribution in [1.82, 2.24) is 20.9 Å². The van der Waals surface area contributed by atoms with E-state index >= 15 is 0 Å². The summed E-state index contributed by atoms with van der Waals surface area (Å²) in [4.78, 5) is 26.2. The van der Waals surface area contributed by atoms with Crippen LogP contribution in [0.3, 0.4) is 0 Å². The highest BCUT2D eigenvalue weighted by atomic mass is 35.5. The molecule has 2 heterocycles. The molecule has 2 aliphatic rings. The van der Waals surface area contributed by atoms with E-state index in [1.165, 1.54) is 23.1 Å². The molecule has 3 N–H and O–H groups in total. The van der Waals surface area contributed by atoms with Gasteiger partial charge in [0.1, 0.15) is 5.01 Å². The fourth-order valence-electron chi connectivity index (χ4n) is 4.69. The molecule has 1 aromatic heterocycles. The Balaban J connectivity index is 1.13. The molecule has 1 aliphatic carbocycles. The van der Waals surface area contributed by atoms with Crippen molar-refractivity contribution in [1.29, 1.82) is 0 Å². The number of anilines is 1. The average molecular weight is 602 g/mol. The van der Waals surface area contributed by atoms with Gasteiger partial charge in [-0.05, 0) is 60.6 Å². The molecule has 1 fully saturated rings. The van der Waals surface area contributed by atoms with Crippen molar-refractivity contribution < 1.29 is 9.59 Å². The number of allylic oxidation sites excluding steroid dienone is 1. The Bertz CT molecular complexity index is 1430. The molecule has 5 rings (SSSR count). The lowest BCUT2D eigenvalue weighted by atomic mass is 9.81. The summed E-state index contributed by atoms with van der Waals surface area (Å²) in [6.45, 7) is 0. The van der Waals surface area contributed by atoms with E-state index in [-0.39, 0.29) is 30.6 Å². The van der Waals surface area contributed by atoms with E-state index in [0.29, 0.717) is 26.3 Å². The summed E-state index contributed by atoms with van der Waals surface area (Å²) in [6, 6.07) is 14.5. The zero-order chi connectivity index (χ0) is 27.2. The van der Waals surface area contributed by atoms with Gasteiger partial charge in [0.05, 0.1) is 12.8 Å². The van der Waals surface area contributed by atoms with Gasteiger partial charge in [0.15, 0.2) is 5.17 Å². The predicted molar refractivity (Wildman–Crippen MR) is 158 cm³/mol. The lowest BCUT2D eigenvalue weighted by Gasteiger charge is -2.30. The third-order valence-corrected chi connectivity index (χ3v) is 9.00. The first-order valence-electron chi connectivity index (χ1n) is 12.5. The molecule has 1 aliphatic heterocycles. The number of nitrogens with one attached hydrogen (secondary N) is 3. The number of hydrogen-bond donors (Lipinski definition) is 3. The number of thioether (sulfide) groups is 1. The van der Waals surface area contributed by atoms with Crippen LogP contribution in [0.1, 0.15) is 47.7 Å². The summed E-state index contributed by atoms with van der Waals surface area (Å²) in [7, 11) is 0. The van der Waals surface area contributed by atoms with Gasteiger partial charge in [-0.25, -0.2) is 0 Å². The van der Waals surface area contributed by atoms with E-state index in [1.54, 1.807) is 24.3 Å². The van der Waals surface area contributed by atoms with Gasteiger partial charge in [0.25, 0.3) is 0 Å². The number of carbonyl (C=O) groups is 2. The van der Waals surface area contributed by atoms with E-state index in [4.69, 9.17) is 23.2 Å². The highest BCUT2D eigenvalue weighted by molar-refractivity contribution is 8.17. The molecular formula is C27H26Cl2N6O2S2. The van der Waals surface area contributed by atoms with Crippen molar-refractivity contribution in [3.05, 3.63) is 85.8 Å². The monoisotopic (exact) mass is 600 g/mol. The van der Waals surface area contributed by atoms with Crippen molar-refractivity contribution >= 4 is 68.4 Å². The molecule has 0 bridgehead atoms. The first kappa shape index (κ1) is 27.6. The number of hydrogen-bond acceptors (Lipinski definition) is 8. The van der Waals surface area contributed by atoms with Gasteiger partial charge < -0.3 is 10.6 Å². The van der Waals surface area contributed by atoms with Crippen LogP contribution >= 0.6 is 46.3 Å². The number of benzene rings is 2. The fourth-order valence-corrected chi connectivity index (χ4v) is 7.00. The van der Waals surface area contributed by atoms with Crippen LogP contribution in [-0.4, -0.2) is 27.2 Å². The number of hydrazone groups is 1. The Morgan fingerprint density at radius 2 is 1.59 bits per heavy atom. The van der Waals surface area contributed by atoms with Gasteiger partial charge in [-0.3, -0.25) is 15.0 Å². The van der Waals surface area contributed by atoms with E-state index < -0.39 is 0 Å². The SMILES string of the molecule is O=C(Cc1cccc(Cl)c1)NC1=NNC=C([C@@H]2CCC[C@@H](c3nnc(NC(=O)Cc4cccc(Cl)c4)s3)C2)S1. The lowest BCUT2D eigenvalue weighted by molar-refractivity contribution is -0.119. The molecule has 39 heavy (non-hydrogen) atoms. The van der Waals surface area contributed by atoms with E-state index in [9.17, 15) is 9.59 Å². The number of nitrogens with zero attached hydrogens (tertiary/aromatic N) is 3. The van der Waals surface area contributed by atoms with Crippen LogP contribution in [0.15, 0.2) is 64.7 Å². The summed E-state index contributed by atoms with van der Waals surface area (Å²) in [5, 5.41) is 21.8. The predicted octanol–water partition coefficient (Wildman–Crippen LogP) is 6.11. The molecule has 202 valence electrons. The second-order valence-electron chi connectivity index (χ2n) is 9.41. The lowest BCUT2D eigenvalue weighted by Crippen LogP contribution is -2.33. The Hall–Kier alpha value is -2.92. The van der Waals surface area contributed by atoms with Crippen LogP contribution in [0.4, 0.5) is 5.13 Å². The van der Waals surface area contributed by atoms with Gasteiger partial charge in [-0.2, -0.15) is 5.10 Å². The summed E-state index contributed by atoms with van der Waals surface area (Å²) < 4.78 is 0. The third-order valence-electron chi connectivity index (χ3n) is 6.45. The maximum absolute atomic E-state index is 12.6. The van der Waals surface area contributed by atoms with Crippen LogP contribution in [0, 0.1) is 5.92 Å². The summed E-state index contributed by atoms with van der Waals surface area (Å²) >= 11 is 15.0. The second-order valence-corrected chi connectivity index (χ2v) is 12.4. The number of aromatic nitrogens is 2. The quantitative estimate of drug-likeness (QED) is 0.302. The van der Waals surface area contributed by atoms with Crippen LogP contribution in [0.5, 0.6) is 0 Å². The number of carbonyl (C=O) groups excluding carboxylic acids is 2. The van der Waals surface area contributed by atoms with Crippen molar-refractivity contribution in [2.75, 3.05) is 5.32 Å². The number of halogens is 2. The number of rotatable bonds is 7. The molecule has 1 saturated carbocycles. The fraction of sp³-hybridized carbons (Fsp3) is 0.296. The molecule has 0 saturated heterocycles. The molecule has 12 heteroatoms. The Morgan fingerprint density at radius 1 is 0.923 bits per heavy atom. The highest BCUT2D eigenvalue weighted by Gasteiger charge is 2.30. The van der Waals surface area contributed by atoms with Crippen LogP contribution < -0.4 is 16.1 Å². The van der Waals surface area contributed by atoms with Crippen LogP contribution in [0.2, 0.25) is 10.0 Å². The van der Waals surface area contributed by atoms with Gasteiger partial charge in [-0.1, -0.05) is 77.0 Å². The van der Waals surface area contributed by atoms with Gasteiger partial charge >= 0.3 is 0 Å². The second kappa shape index (κ2) is 13.0. The van der Waals surface area contributed by atoms with Gasteiger partial charge in [0.2, 0.25) is 16.9 Å². The molecule has 2 atom stereocenters. The zero-order valence-corrected chi connectivity index (χ0v) is 24.0. The van der Waals surface area contributed by atoms with Crippen molar-refractivity contribution in [2.24, 2.45) is 11.0 Å². The van der Waals surface area contributed by atoms with Gasteiger partial charge in [0, 0.05) is 27.1 Å². The highest BCUT2D eigenvalue weighted by Crippen LogP contribution is 2.44. The van der Waals surface area contributed by atoms with Crippen LogP contribution in [-0.2, 0) is 22.4 Å². The van der Waals surface area contributed by atoms with Crippen molar-refractivity contribution in [3.8, 4) is 0 Å². The molecular weight excluding hydrogens is 575 g/mol. The molecule has 0 unspecified atom stereocenters. The molecule has 0 spiro atoms. The van der Waals surface area contributed by atoms with E-state index in [1.807, 2.05) is 30.5 Å². The number of amidine groups is 1. The molecule has 2 aromatic carbocycles. The first-order chi connectivity index (χ1) is 18.9. The molecule has 0 radical (unpaired) electrons. The third kappa shape index (κ3) is 7.82. The summed E-state index contributed by atoms with van der Waals surface area (Å²) in [5.41, 5.74) is 4.64. The average Bonchev–Trinajstić information content (AvgIpc) is 3.37. The summed E-state index contributed by atoms with van der Waals surface area (Å²) in [5.74, 6) is 0.259. The smallest absolute Gasteiger partial charge is 0.230 e. The Labute approximate surface area is 244 Å². The van der Waals surface area contributed by atoms with Crippen LogP contribution in [0.25, 0.3) is 0 Å². The zero-order valence-electron chi connectivity index (χ0n) is 20.8. The molecule has 8 nitrogen and oxygen atoms in total. The maximum Gasteiger partial charge on any atom is 0.230 e. The molecule has 3 aromatic rings. The van der Waals surface area contributed by atoms with E-state index in [0.717, 1.165) is 46.7 Å². The Morgan fingerprint density at radius 3 is 2.28 bits per heavy atom. The molecule has 2 amide bonds. The number of amides is 2. The Kier molecular flexibility index (Phi) is 9.18. The first-order valence-corrected chi connectivity index (χ1v) is 14.9. The summed E-state index contributed by atoms with van der Waals surface area (Å²) in [6.07, 6.45) is 6.38. The van der Waals surface area contributed by atoms with Gasteiger partial charge in [-0.15, -0.1) is 10.2 Å². The van der Waals surface area contributed by atoms with Crippen molar-refractivity contribution in [3.63, 3.8) is 0 Å². The largest absolute Gasteiger partial charge is 0.303 e. The normalized spacial score (nSPS) is 18.9. The topological polar surface area (TPSA) is 108 Å².